The molecule has 0 bridgehead atoms. The highest BCUT2D eigenvalue weighted by molar-refractivity contribution is 7.98. The Hall–Kier alpha value is -2.85. The normalized spacial score (nSPS) is 15.0. The van der Waals surface area contributed by atoms with Gasteiger partial charge in [-0.1, -0.05) is 23.9 Å². The number of amides is 1. The fourth-order valence-corrected chi connectivity index (χ4v) is 5.76. The van der Waals surface area contributed by atoms with E-state index in [1.165, 1.54) is 23.1 Å². The molecule has 10 heteroatoms. The summed E-state index contributed by atoms with van der Waals surface area (Å²) in [6.45, 7) is 3.29. The van der Waals surface area contributed by atoms with Crippen molar-refractivity contribution in [1.82, 2.24) is 24.4 Å². The lowest BCUT2D eigenvalue weighted by molar-refractivity contribution is 0.0915. The molecule has 4 heterocycles. The molecule has 4 aromatic rings. The minimum absolute atomic E-state index is 0.00769. The van der Waals surface area contributed by atoms with Crippen LogP contribution in [0.3, 0.4) is 0 Å². The van der Waals surface area contributed by atoms with Crippen LogP contribution in [0.2, 0.25) is 0 Å². The summed E-state index contributed by atoms with van der Waals surface area (Å²) in [4.78, 5) is 39.9. The van der Waals surface area contributed by atoms with E-state index in [0.29, 0.717) is 48.1 Å². The van der Waals surface area contributed by atoms with Crippen LogP contribution in [0.25, 0.3) is 21.3 Å². The zero-order valence-electron chi connectivity index (χ0n) is 17.6. The number of aromatic amines is 1. The first-order chi connectivity index (χ1) is 15.6. The zero-order valence-corrected chi connectivity index (χ0v) is 19.2. The number of nitrogens with zero attached hydrogens (tertiary/aromatic N) is 4. The van der Waals surface area contributed by atoms with Crippen molar-refractivity contribution >= 4 is 50.4 Å². The second-order valence-corrected chi connectivity index (χ2v) is 9.47. The molecule has 0 unspecified atom stereocenters. The predicted molar refractivity (Wildman–Crippen MR) is 126 cm³/mol. The highest BCUT2D eigenvalue weighted by Gasteiger charge is 2.28. The number of hydrogen-bond acceptors (Lipinski definition) is 7. The maximum atomic E-state index is 13.4. The molecule has 0 atom stereocenters. The number of nitrogens with one attached hydrogen (secondary N) is 1. The molecule has 0 aliphatic carbocycles. The van der Waals surface area contributed by atoms with Gasteiger partial charge in [0.05, 0.1) is 28.9 Å². The lowest BCUT2D eigenvalue weighted by atomic mass is 10.1. The van der Waals surface area contributed by atoms with Gasteiger partial charge in [-0.05, 0) is 43.3 Å². The Labute approximate surface area is 192 Å². The third kappa shape index (κ3) is 4.00. The van der Waals surface area contributed by atoms with E-state index in [1.807, 2.05) is 40.3 Å². The van der Waals surface area contributed by atoms with Crippen molar-refractivity contribution in [3.05, 3.63) is 51.9 Å². The van der Waals surface area contributed by atoms with Gasteiger partial charge in [-0.15, -0.1) is 11.3 Å². The minimum Gasteiger partial charge on any atom is -0.450 e. The van der Waals surface area contributed by atoms with Crippen molar-refractivity contribution in [3.8, 4) is 0 Å². The van der Waals surface area contributed by atoms with Crippen molar-refractivity contribution in [1.29, 1.82) is 0 Å². The van der Waals surface area contributed by atoms with E-state index < -0.39 is 0 Å². The molecule has 0 saturated carbocycles. The van der Waals surface area contributed by atoms with Crippen LogP contribution in [-0.2, 0) is 10.5 Å². The molecule has 1 fully saturated rings. The number of fused-ring (bicyclic) bond motifs is 2. The Bertz CT molecular complexity index is 1290. The number of aromatic nitrogens is 4. The van der Waals surface area contributed by atoms with Gasteiger partial charge >= 0.3 is 6.09 Å². The Morgan fingerprint density at radius 2 is 2.03 bits per heavy atom. The van der Waals surface area contributed by atoms with E-state index in [0.717, 1.165) is 22.4 Å². The molecule has 3 aromatic heterocycles. The van der Waals surface area contributed by atoms with E-state index in [4.69, 9.17) is 9.72 Å². The van der Waals surface area contributed by atoms with Crippen LogP contribution in [0.4, 0.5) is 4.79 Å². The van der Waals surface area contributed by atoms with E-state index in [-0.39, 0.29) is 17.7 Å². The van der Waals surface area contributed by atoms with Crippen LogP contribution < -0.4 is 5.56 Å². The molecular formula is C22H23N5O3S2. The fourth-order valence-electron chi connectivity index (χ4n) is 4.06. The van der Waals surface area contributed by atoms with Crippen molar-refractivity contribution in [2.24, 2.45) is 0 Å². The van der Waals surface area contributed by atoms with Crippen molar-refractivity contribution in [2.75, 3.05) is 19.7 Å². The quantitative estimate of drug-likeness (QED) is 0.344. The monoisotopic (exact) mass is 469 g/mol. The van der Waals surface area contributed by atoms with Crippen LogP contribution in [0, 0.1) is 0 Å². The van der Waals surface area contributed by atoms with E-state index in [9.17, 15) is 9.59 Å². The van der Waals surface area contributed by atoms with Crippen molar-refractivity contribution < 1.29 is 9.53 Å². The number of carbonyl (C=O) groups excluding carboxylic acids is 1. The van der Waals surface area contributed by atoms with Gasteiger partial charge in [0.1, 0.15) is 10.5 Å². The minimum atomic E-state index is -0.287. The van der Waals surface area contributed by atoms with Crippen LogP contribution in [-0.4, -0.2) is 50.2 Å². The molecule has 8 nitrogen and oxygen atoms in total. The lowest BCUT2D eigenvalue weighted by Crippen LogP contribution is -2.41. The predicted octanol–water partition coefficient (Wildman–Crippen LogP) is 4.42. The number of para-hydroxylation sites is 2. The maximum absolute atomic E-state index is 13.4. The standard InChI is InChI=1S/C22H23N5O3S2/c1-2-30-22(29)26-10-7-14(8-11-26)27-20(28)19-17(9-12-31-19)25-21(27)32-13-18-23-15-5-3-4-6-16(15)24-18/h3-6,9,12,14H,2,7-8,10-11,13H2,1H3,(H,23,24). The summed E-state index contributed by atoms with van der Waals surface area (Å²) in [7, 11) is 0. The highest BCUT2D eigenvalue weighted by atomic mass is 32.2. The molecule has 0 radical (unpaired) electrons. The summed E-state index contributed by atoms with van der Waals surface area (Å²) in [5.74, 6) is 1.43. The fraction of sp³-hybridized carbons (Fsp3) is 0.364. The van der Waals surface area contributed by atoms with E-state index in [1.54, 1.807) is 11.8 Å². The third-order valence-electron chi connectivity index (χ3n) is 5.61. The molecule has 1 aromatic carbocycles. The molecule has 1 amide bonds. The number of H-pyrrole nitrogens is 1. The number of benzene rings is 1. The summed E-state index contributed by atoms with van der Waals surface area (Å²) < 4.78 is 7.62. The van der Waals surface area contributed by atoms with Crippen LogP contribution in [0.5, 0.6) is 0 Å². The summed E-state index contributed by atoms with van der Waals surface area (Å²) in [6, 6.07) is 9.80. The molecule has 1 saturated heterocycles. The number of likely N-dealkylation sites (tertiary alicyclic amines) is 1. The second-order valence-electron chi connectivity index (χ2n) is 7.61. The first-order valence-corrected chi connectivity index (χ1v) is 12.5. The first kappa shape index (κ1) is 21.0. The number of hydrogen-bond donors (Lipinski definition) is 1. The van der Waals surface area contributed by atoms with Crippen LogP contribution >= 0.6 is 23.1 Å². The number of ether oxygens (including phenoxy) is 1. The summed E-state index contributed by atoms with van der Waals surface area (Å²) in [5.41, 5.74) is 2.64. The molecule has 32 heavy (non-hydrogen) atoms. The van der Waals surface area contributed by atoms with Gasteiger partial charge in [0, 0.05) is 19.1 Å². The summed E-state index contributed by atoms with van der Waals surface area (Å²) in [5, 5.41) is 2.59. The molecule has 0 spiro atoms. The Kier molecular flexibility index (Phi) is 5.88. The van der Waals surface area contributed by atoms with Gasteiger partial charge in [-0.2, -0.15) is 0 Å². The Morgan fingerprint density at radius 3 is 2.81 bits per heavy atom. The molecule has 1 aliphatic heterocycles. The van der Waals surface area contributed by atoms with Gasteiger partial charge in [-0.25, -0.2) is 14.8 Å². The van der Waals surface area contributed by atoms with Crippen molar-refractivity contribution in [2.45, 2.75) is 36.7 Å². The topological polar surface area (TPSA) is 93.1 Å². The Balaban J connectivity index is 1.41. The molecular weight excluding hydrogens is 446 g/mol. The second kappa shape index (κ2) is 8.95. The number of thioether (sulfide) groups is 1. The number of piperidine rings is 1. The molecule has 166 valence electrons. The summed E-state index contributed by atoms with van der Waals surface area (Å²) in [6.07, 6.45) is 1.09. The van der Waals surface area contributed by atoms with Crippen LogP contribution in [0.1, 0.15) is 31.6 Å². The average Bonchev–Trinajstić information content (AvgIpc) is 3.45. The lowest BCUT2D eigenvalue weighted by Gasteiger charge is -2.32. The van der Waals surface area contributed by atoms with E-state index >= 15 is 0 Å². The first-order valence-electron chi connectivity index (χ1n) is 10.6. The number of imidazole rings is 1. The largest absolute Gasteiger partial charge is 0.450 e. The molecule has 1 N–H and O–H groups in total. The number of rotatable bonds is 5. The maximum Gasteiger partial charge on any atom is 0.409 e. The van der Waals surface area contributed by atoms with Gasteiger partial charge < -0.3 is 14.6 Å². The van der Waals surface area contributed by atoms with E-state index in [2.05, 4.69) is 9.97 Å². The SMILES string of the molecule is CCOC(=O)N1CCC(n2c(SCc3nc4ccccc4[nH]3)nc3ccsc3c2=O)CC1. The van der Waals surface area contributed by atoms with Gasteiger partial charge in [0.25, 0.3) is 5.56 Å². The highest BCUT2D eigenvalue weighted by Crippen LogP contribution is 2.30. The molecule has 5 rings (SSSR count). The van der Waals surface area contributed by atoms with Crippen LogP contribution in [0.15, 0.2) is 45.7 Å². The zero-order chi connectivity index (χ0) is 22.1. The number of carbonyl (C=O) groups is 1. The Morgan fingerprint density at radius 1 is 1.22 bits per heavy atom. The average molecular weight is 470 g/mol. The smallest absolute Gasteiger partial charge is 0.409 e. The van der Waals surface area contributed by atoms with Gasteiger partial charge in [0.15, 0.2) is 5.16 Å². The van der Waals surface area contributed by atoms with Crippen molar-refractivity contribution in [3.63, 3.8) is 0 Å². The summed E-state index contributed by atoms with van der Waals surface area (Å²) >= 11 is 2.94. The van der Waals surface area contributed by atoms with Gasteiger partial charge in [0.2, 0.25) is 0 Å². The number of thiophene rings is 1. The van der Waals surface area contributed by atoms with Gasteiger partial charge in [-0.3, -0.25) is 9.36 Å². The third-order valence-corrected chi connectivity index (χ3v) is 7.47. The molecule has 1 aliphatic rings.